The molecule has 0 radical (unpaired) electrons. The summed E-state index contributed by atoms with van der Waals surface area (Å²) in [5.41, 5.74) is 3.37. The fourth-order valence-electron chi connectivity index (χ4n) is 3.39. The Kier molecular flexibility index (Phi) is 3.68. The van der Waals surface area contributed by atoms with Gasteiger partial charge in [0.1, 0.15) is 0 Å². The van der Waals surface area contributed by atoms with Crippen LogP contribution in [0.15, 0.2) is 46.5 Å². The zero-order valence-corrected chi connectivity index (χ0v) is 13.3. The molecule has 0 N–H and O–H groups in total. The summed E-state index contributed by atoms with van der Waals surface area (Å²) < 4.78 is 0. The number of likely N-dealkylation sites (tertiary alicyclic amines) is 1. The molecule has 2 aliphatic heterocycles. The van der Waals surface area contributed by atoms with E-state index in [2.05, 4.69) is 37.9 Å². The number of hydrogen-bond donors (Lipinski definition) is 0. The van der Waals surface area contributed by atoms with Crippen LogP contribution in [0, 0.1) is 0 Å². The van der Waals surface area contributed by atoms with E-state index in [0.717, 1.165) is 43.8 Å². The lowest BCUT2D eigenvalue weighted by atomic mass is 9.87. The summed E-state index contributed by atoms with van der Waals surface area (Å²) >= 11 is 1.76. The minimum Gasteiger partial charge on any atom is -0.387 e. The summed E-state index contributed by atoms with van der Waals surface area (Å²) in [5, 5.41) is 8.74. The smallest absolute Gasteiger partial charge is 0.156 e. The number of nitrogens with zero attached hydrogens (tertiary/aromatic N) is 3. The number of oxime groups is 1. The predicted molar refractivity (Wildman–Crippen MR) is 88.0 cm³/mol. The zero-order chi connectivity index (χ0) is 14.8. The fraction of sp³-hybridized carbons (Fsp3) is 0.412. The van der Waals surface area contributed by atoms with Crippen LogP contribution in [0.5, 0.6) is 0 Å². The first-order valence-electron chi connectivity index (χ1n) is 7.72. The van der Waals surface area contributed by atoms with Crippen LogP contribution in [-0.4, -0.2) is 34.3 Å². The summed E-state index contributed by atoms with van der Waals surface area (Å²) in [6.45, 7) is 3.11. The molecule has 0 saturated carbocycles. The molecular formula is C17H19N3OS. The number of hydrogen-bond acceptors (Lipinski definition) is 5. The van der Waals surface area contributed by atoms with Gasteiger partial charge in [0, 0.05) is 37.5 Å². The van der Waals surface area contributed by atoms with E-state index in [9.17, 15) is 0 Å². The summed E-state index contributed by atoms with van der Waals surface area (Å²) in [6, 6.07) is 6.21. The molecule has 5 heteroatoms. The van der Waals surface area contributed by atoms with Crippen LogP contribution in [0.3, 0.4) is 0 Å². The van der Waals surface area contributed by atoms with Crippen LogP contribution in [0.4, 0.5) is 0 Å². The predicted octanol–water partition coefficient (Wildman–Crippen LogP) is 3.30. The highest BCUT2D eigenvalue weighted by atomic mass is 32.1. The van der Waals surface area contributed by atoms with Crippen LogP contribution in [0.2, 0.25) is 0 Å². The second-order valence-corrected chi connectivity index (χ2v) is 6.96. The van der Waals surface area contributed by atoms with Gasteiger partial charge in [-0.25, -0.2) is 0 Å². The van der Waals surface area contributed by atoms with Crippen molar-refractivity contribution in [3.8, 4) is 0 Å². The molecule has 1 atom stereocenters. The molecule has 1 unspecified atom stereocenters. The highest BCUT2D eigenvalue weighted by Gasteiger charge is 2.43. The van der Waals surface area contributed by atoms with Gasteiger partial charge in [0.15, 0.2) is 5.60 Å². The molecule has 1 fully saturated rings. The second kappa shape index (κ2) is 5.82. The quantitative estimate of drug-likeness (QED) is 0.872. The van der Waals surface area contributed by atoms with Crippen molar-refractivity contribution in [3.05, 3.63) is 52.5 Å². The van der Waals surface area contributed by atoms with E-state index >= 15 is 0 Å². The fourth-order valence-corrected chi connectivity index (χ4v) is 4.05. The highest BCUT2D eigenvalue weighted by molar-refractivity contribution is 7.07. The lowest BCUT2D eigenvalue weighted by molar-refractivity contribution is -0.0704. The normalized spacial score (nSPS) is 25.2. The maximum Gasteiger partial charge on any atom is 0.156 e. The van der Waals surface area contributed by atoms with Gasteiger partial charge in [-0.1, -0.05) is 5.16 Å². The molecule has 4 heterocycles. The van der Waals surface area contributed by atoms with Crippen LogP contribution < -0.4 is 0 Å². The van der Waals surface area contributed by atoms with E-state index in [0.29, 0.717) is 0 Å². The summed E-state index contributed by atoms with van der Waals surface area (Å²) in [6.07, 6.45) is 6.80. The van der Waals surface area contributed by atoms with Crippen molar-refractivity contribution in [1.82, 2.24) is 9.88 Å². The summed E-state index contributed by atoms with van der Waals surface area (Å²) in [7, 11) is 0. The lowest BCUT2D eigenvalue weighted by Gasteiger charge is -2.38. The molecule has 1 saturated heterocycles. The Morgan fingerprint density at radius 1 is 1.36 bits per heavy atom. The number of rotatable bonds is 3. The molecule has 22 heavy (non-hydrogen) atoms. The molecule has 1 spiro atoms. The van der Waals surface area contributed by atoms with Crippen molar-refractivity contribution in [2.75, 3.05) is 13.1 Å². The van der Waals surface area contributed by atoms with Gasteiger partial charge in [0.25, 0.3) is 0 Å². The third-order valence-corrected chi connectivity index (χ3v) is 5.17. The highest BCUT2D eigenvalue weighted by Crippen LogP contribution is 2.35. The molecular weight excluding hydrogens is 294 g/mol. The average Bonchev–Trinajstić information content (AvgIpc) is 3.19. The van der Waals surface area contributed by atoms with Gasteiger partial charge in [-0.2, -0.15) is 11.3 Å². The molecule has 0 amide bonds. The second-order valence-electron chi connectivity index (χ2n) is 6.18. The number of aromatic nitrogens is 1. The topological polar surface area (TPSA) is 37.7 Å². The molecule has 4 nitrogen and oxygen atoms in total. The van der Waals surface area contributed by atoms with Gasteiger partial charge in [-0.3, -0.25) is 9.88 Å². The Labute approximate surface area is 134 Å². The number of piperidine rings is 1. The average molecular weight is 313 g/mol. The van der Waals surface area contributed by atoms with Crippen LogP contribution in [0.1, 0.15) is 30.4 Å². The largest absolute Gasteiger partial charge is 0.387 e. The van der Waals surface area contributed by atoms with Gasteiger partial charge in [0.05, 0.1) is 5.71 Å². The van der Waals surface area contributed by atoms with Gasteiger partial charge in [-0.15, -0.1) is 0 Å². The Balaban J connectivity index is 1.44. The molecule has 2 aromatic rings. The first kappa shape index (κ1) is 13.9. The van der Waals surface area contributed by atoms with Crippen molar-refractivity contribution < 1.29 is 4.84 Å². The molecule has 4 rings (SSSR count). The standard InChI is InChI=1S/C17H19N3OS/c1-3-15(10-18-6-1)16-9-17(21-19-16)5-2-7-20(13-17)11-14-4-8-22-12-14/h1,3-4,6,8,10,12H,2,5,7,9,11,13H2. The first-order chi connectivity index (χ1) is 10.8. The minimum absolute atomic E-state index is 0.139. The summed E-state index contributed by atoms with van der Waals surface area (Å²) in [4.78, 5) is 12.6. The third-order valence-electron chi connectivity index (χ3n) is 4.44. The molecule has 2 aromatic heterocycles. The van der Waals surface area contributed by atoms with Gasteiger partial charge >= 0.3 is 0 Å². The van der Waals surface area contributed by atoms with E-state index in [-0.39, 0.29) is 5.60 Å². The van der Waals surface area contributed by atoms with Crippen LogP contribution in [0.25, 0.3) is 0 Å². The maximum atomic E-state index is 5.92. The van der Waals surface area contributed by atoms with Crippen LogP contribution in [-0.2, 0) is 11.4 Å². The van der Waals surface area contributed by atoms with E-state index in [1.807, 2.05) is 12.3 Å². The van der Waals surface area contributed by atoms with Gasteiger partial charge < -0.3 is 4.84 Å². The number of pyridine rings is 1. The maximum absolute atomic E-state index is 5.92. The van der Waals surface area contributed by atoms with Crippen molar-refractivity contribution in [2.45, 2.75) is 31.4 Å². The molecule has 0 bridgehead atoms. The van der Waals surface area contributed by atoms with Crippen molar-refractivity contribution >= 4 is 17.0 Å². The monoisotopic (exact) mass is 313 g/mol. The molecule has 0 aliphatic carbocycles. The van der Waals surface area contributed by atoms with Gasteiger partial charge in [-0.05, 0) is 53.9 Å². The Morgan fingerprint density at radius 3 is 3.18 bits per heavy atom. The van der Waals surface area contributed by atoms with Gasteiger partial charge in [0.2, 0.25) is 0 Å². The van der Waals surface area contributed by atoms with Crippen LogP contribution >= 0.6 is 11.3 Å². The molecule has 114 valence electrons. The molecule has 0 aromatic carbocycles. The first-order valence-corrected chi connectivity index (χ1v) is 8.66. The SMILES string of the molecule is c1cncc(C2=NOC3(CCCN(Cc4ccsc4)C3)C2)c1. The third kappa shape index (κ3) is 2.78. The Hall–Kier alpha value is -1.72. The van der Waals surface area contributed by atoms with Crippen molar-refractivity contribution in [3.63, 3.8) is 0 Å². The number of thiophene rings is 1. The lowest BCUT2D eigenvalue weighted by Crippen LogP contribution is -2.47. The Morgan fingerprint density at radius 2 is 2.36 bits per heavy atom. The molecule has 2 aliphatic rings. The summed E-state index contributed by atoms with van der Waals surface area (Å²) in [5.74, 6) is 0. The van der Waals surface area contributed by atoms with E-state index in [1.165, 1.54) is 12.0 Å². The van der Waals surface area contributed by atoms with E-state index in [4.69, 9.17) is 4.84 Å². The zero-order valence-electron chi connectivity index (χ0n) is 12.4. The van der Waals surface area contributed by atoms with E-state index in [1.54, 1.807) is 17.5 Å². The Bertz CT molecular complexity index is 656. The van der Waals surface area contributed by atoms with E-state index < -0.39 is 0 Å². The van der Waals surface area contributed by atoms with Crippen molar-refractivity contribution in [2.24, 2.45) is 5.16 Å². The van der Waals surface area contributed by atoms with Crippen molar-refractivity contribution in [1.29, 1.82) is 0 Å². The minimum atomic E-state index is -0.139.